The van der Waals surface area contributed by atoms with Crippen LogP contribution in [0.1, 0.15) is 20.8 Å². The molecule has 0 aromatic rings. The normalized spacial score (nSPS) is 33.2. The summed E-state index contributed by atoms with van der Waals surface area (Å²) < 4.78 is 0. The van der Waals surface area contributed by atoms with Gasteiger partial charge in [0.25, 0.3) is 0 Å². The molecule has 0 bridgehead atoms. The molecule has 1 saturated heterocycles. The van der Waals surface area contributed by atoms with Crippen LogP contribution in [0.15, 0.2) is 0 Å². The summed E-state index contributed by atoms with van der Waals surface area (Å²) in [5.74, 6) is 2.66. The number of rotatable bonds is 3. The Morgan fingerprint density at radius 1 is 1.42 bits per heavy atom. The van der Waals surface area contributed by atoms with Crippen LogP contribution >= 0.6 is 23.5 Å². The maximum Gasteiger partial charge on any atom is 0.0314 e. The Balaban J connectivity index is 2.36. The smallest absolute Gasteiger partial charge is 0.0314 e. The summed E-state index contributed by atoms with van der Waals surface area (Å²) in [6, 6.07) is 0.669. The lowest BCUT2D eigenvalue weighted by Gasteiger charge is -2.32. The first-order valence-corrected chi connectivity index (χ1v) is 6.82. The van der Waals surface area contributed by atoms with Gasteiger partial charge in [-0.2, -0.15) is 23.5 Å². The van der Waals surface area contributed by atoms with Crippen molar-refractivity contribution in [3.8, 4) is 0 Å². The third kappa shape index (κ3) is 2.86. The molecule has 12 heavy (non-hydrogen) atoms. The molecule has 1 fully saturated rings. The third-order valence-corrected chi connectivity index (χ3v) is 5.59. The molecule has 0 aromatic heterocycles. The lowest BCUT2D eigenvalue weighted by molar-refractivity contribution is 0.540. The first kappa shape index (κ1) is 10.7. The Morgan fingerprint density at radius 2 is 2.08 bits per heavy atom. The molecule has 1 aliphatic heterocycles. The number of hydrogen-bond acceptors (Lipinski definition) is 3. The molecule has 1 heterocycles. The van der Waals surface area contributed by atoms with Crippen LogP contribution < -0.4 is 5.32 Å². The van der Waals surface area contributed by atoms with Crippen molar-refractivity contribution in [2.45, 2.75) is 37.3 Å². The first-order valence-electron chi connectivity index (χ1n) is 4.72. The van der Waals surface area contributed by atoms with E-state index in [-0.39, 0.29) is 0 Å². The Labute approximate surface area is 84.4 Å². The van der Waals surface area contributed by atoms with Crippen LogP contribution in [0, 0.1) is 0 Å². The van der Waals surface area contributed by atoms with Gasteiger partial charge in [-0.05, 0) is 13.5 Å². The van der Waals surface area contributed by atoms with Crippen molar-refractivity contribution in [1.82, 2.24) is 5.32 Å². The zero-order chi connectivity index (χ0) is 8.97. The summed E-state index contributed by atoms with van der Waals surface area (Å²) in [7, 11) is 0. The second-order valence-corrected chi connectivity index (χ2v) is 6.03. The van der Waals surface area contributed by atoms with E-state index in [1.807, 2.05) is 0 Å². The quantitative estimate of drug-likeness (QED) is 0.759. The fraction of sp³-hybridized carbons (Fsp3) is 1.00. The van der Waals surface area contributed by atoms with Gasteiger partial charge in [-0.1, -0.05) is 13.8 Å². The van der Waals surface area contributed by atoms with Gasteiger partial charge in [0.2, 0.25) is 0 Å². The van der Waals surface area contributed by atoms with Crippen LogP contribution in [0.3, 0.4) is 0 Å². The minimum absolute atomic E-state index is 0.669. The van der Waals surface area contributed by atoms with Crippen LogP contribution in [0.5, 0.6) is 0 Å². The van der Waals surface area contributed by atoms with E-state index < -0.39 is 0 Å². The Kier molecular flexibility index (Phi) is 4.84. The second kappa shape index (κ2) is 5.40. The summed E-state index contributed by atoms with van der Waals surface area (Å²) >= 11 is 4.26. The second-order valence-electron chi connectivity index (χ2n) is 3.26. The topological polar surface area (TPSA) is 12.0 Å². The minimum Gasteiger partial charge on any atom is -0.313 e. The number of hydrogen-bond donors (Lipinski definition) is 1. The average molecular weight is 205 g/mol. The van der Waals surface area contributed by atoms with E-state index in [1.54, 1.807) is 0 Å². The van der Waals surface area contributed by atoms with Gasteiger partial charge in [0.05, 0.1) is 0 Å². The van der Waals surface area contributed by atoms with Gasteiger partial charge in [-0.15, -0.1) is 0 Å². The highest BCUT2D eigenvalue weighted by molar-refractivity contribution is 8.07. The molecule has 0 amide bonds. The Hall–Kier alpha value is 0.660. The van der Waals surface area contributed by atoms with Crippen molar-refractivity contribution in [1.29, 1.82) is 0 Å². The summed E-state index contributed by atoms with van der Waals surface area (Å²) in [6.45, 7) is 7.94. The number of nitrogens with one attached hydrogen (secondary N) is 1. The largest absolute Gasteiger partial charge is 0.313 e. The minimum atomic E-state index is 0.669. The van der Waals surface area contributed by atoms with Crippen LogP contribution in [0.2, 0.25) is 0 Å². The van der Waals surface area contributed by atoms with E-state index in [1.165, 1.54) is 11.5 Å². The molecule has 0 spiro atoms. The van der Waals surface area contributed by atoms with Crippen molar-refractivity contribution in [3.05, 3.63) is 0 Å². The first-order chi connectivity index (χ1) is 5.75. The number of thioether (sulfide) groups is 2. The van der Waals surface area contributed by atoms with Gasteiger partial charge >= 0.3 is 0 Å². The van der Waals surface area contributed by atoms with E-state index >= 15 is 0 Å². The fourth-order valence-corrected chi connectivity index (χ4v) is 4.60. The van der Waals surface area contributed by atoms with E-state index in [0.717, 1.165) is 17.0 Å². The van der Waals surface area contributed by atoms with Gasteiger partial charge in [0.15, 0.2) is 0 Å². The highest BCUT2D eigenvalue weighted by Crippen LogP contribution is 2.32. The maximum atomic E-state index is 3.51. The van der Waals surface area contributed by atoms with Crippen molar-refractivity contribution in [3.63, 3.8) is 0 Å². The molecule has 3 heteroatoms. The molecular weight excluding hydrogens is 186 g/mol. The summed E-state index contributed by atoms with van der Waals surface area (Å²) in [5, 5.41) is 5.14. The zero-order valence-electron chi connectivity index (χ0n) is 8.17. The van der Waals surface area contributed by atoms with Gasteiger partial charge in [0.1, 0.15) is 0 Å². The van der Waals surface area contributed by atoms with E-state index in [2.05, 4.69) is 49.6 Å². The summed E-state index contributed by atoms with van der Waals surface area (Å²) in [6.07, 6.45) is 0. The fourth-order valence-electron chi connectivity index (χ4n) is 1.64. The molecule has 72 valence electrons. The van der Waals surface area contributed by atoms with Gasteiger partial charge < -0.3 is 5.32 Å². The lowest BCUT2D eigenvalue weighted by Crippen LogP contribution is -2.42. The molecule has 0 saturated carbocycles. The molecular formula is C9H19NS2. The van der Waals surface area contributed by atoms with Crippen molar-refractivity contribution >= 4 is 23.5 Å². The maximum absolute atomic E-state index is 3.51. The third-order valence-electron chi connectivity index (χ3n) is 2.26. The molecule has 0 aromatic carbocycles. The summed E-state index contributed by atoms with van der Waals surface area (Å²) in [5.41, 5.74) is 0. The molecule has 1 N–H and O–H groups in total. The SMILES string of the molecule is CCNC(C)C1SCCSC1C. The van der Waals surface area contributed by atoms with Crippen LogP contribution in [0.4, 0.5) is 0 Å². The van der Waals surface area contributed by atoms with Crippen LogP contribution in [-0.4, -0.2) is 34.6 Å². The zero-order valence-corrected chi connectivity index (χ0v) is 9.80. The van der Waals surface area contributed by atoms with Gasteiger partial charge in [0, 0.05) is 28.0 Å². The Bertz CT molecular complexity index is 130. The van der Waals surface area contributed by atoms with E-state index in [0.29, 0.717) is 6.04 Å². The van der Waals surface area contributed by atoms with Gasteiger partial charge in [-0.25, -0.2) is 0 Å². The summed E-state index contributed by atoms with van der Waals surface area (Å²) in [4.78, 5) is 0. The highest BCUT2D eigenvalue weighted by atomic mass is 32.2. The molecule has 0 radical (unpaired) electrons. The lowest BCUT2D eigenvalue weighted by atomic mass is 10.2. The van der Waals surface area contributed by atoms with Crippen molar-refractivity contribution in [2.75, 3.05) is 18.1 Å². The van der Waals surface area contributed by atoms with Crippen LogP contribution in [0.25, 0.3) is 0 Å². The van der Waals surface area contributed by atoms with E-state index in [9.17, 15) is 0 Å². The van der Waals surface area contributed by atoms with E-state index in [4.69, 9.17) is 0 Å². The highest BCUT2D eigenvalue weighted by Gasteiger charge is 2.26. The predicted molar refractivity (Wildman–Crippen MR) is 61.3 cm³/mol. The predicted octanol–water partition coefficient (Wildman–Crippen LogP) is 2.22. The molecule has 1 aliphatic rings. The van der Waals surface area contributed by atoms with Crippen molar-refractivity contribution < 1.29 is 0 Å². The Morgan fingerprint density at radius 3 is 2.67 bits per heavy atom. The standard InChI is InChI=1S/C9H19NS2/c1-4-10-7(2)9-8(3)11-5-6-12-9/h7-10H,4-6H2,1-3H3. The molecule has 3 atom stereocenters. The average Bonchev–Trinajstić information content (AvgIpc) is 2.05. The molecule has 1 rings (SSSR count). The van der Waals surface area contributed by atoms with Gasteiger partial charge in [-0.3, -0.25) is 0 Å². The molecule has 3 unspecified atom stereocenters. The molecule has 1 nitrogen and oxygen atoms in total. The van der Waals surface area contributed by atoms with Crippen molar-refractivity contribution in [2.24, 2.45) is 0 Å². The monoisotopic (exact) mass is 205 g/mol. The molecule has 0 aliphatic carbocycles. The van der Waals surface area contributed by atoms with Crippen LogP contribution in [-0.2, 0) is 0 Å².